The van der Waals surface area contributed by atoms with Gasteiger partial charge in [-0.2, -0.15) is 0 Å². The van der Waals surface area contributed by atoms with Crippen molar-refractivity contribution in [3.05, 3.63) is 90.1 Å². The van der Waals surface area contributed by atoms with Crippen LogP contribution in [0.4, 0.5) is 33.2 Å². The number of benzene rings is 2. The first-order valence-electron chi connectivity index (χ1n) is 9.96. The number of nitrogens with one attached hydrogen (secondary N) is 3. The highest BCUT2D eigenvalue weighted by molar-refractivity contribution is 7.92. The average Bonchev–Trinajstić information content (AvgIpc) is 2.75. The molecular weight excluding hydrogens is 443 g/mol. The molecule has 3 N–H and O–H groups in total. The molecule has 4 aromatic rings. The maximum absolute atomic E-state index is 13.3. The summed E-state index contributed by atoms with van der Waals surface area (Å²) in [4.78, 5) is 12.7. The van der Waals surface area contributed by atoms with Crippen LogP contribution in [-0.2, 0) is 10.0 Å². The molecule has 0 atom stereocenters. The van der Waals surface area contributed by atoms with Gasteiger partial charge in [-0.15, -0.1) is 0 Å². The molecule has 2 heterocycles. The van der Waals surface area contributed by atoms with Gasteiger partial charge in [0.05, 0.1) is 4.90 Å². The summed E-state index contributed by atoms with van der Waals surface area (Å²) in [5.74, 6) is 1.31. The van der Waals surface area contributed by atoms with Crippen molar-refractivity contribution in [1.82, 2.24) is 15.0 Å². The van der Waals surface area contributed by atoms with Crippen LogP contribution in [0, 0.1) is 19.7 Å². The van der Waals surface area contributed by atoms with Crippen molar-refractivity contribution >= 4 is 38.9 Å². The van der Waals surface area contributed by atoms with Crippen molar-refractivity contribution < 1.29 is 12.8 Å². The van der Waals surface area contributed by atoms with E-state index >= 15 is 0 Å². The molecule has 0 saturated carbocycles. The standard InChI is InChI=1S/C23H21FN6O2S/c1-15-9-10-25-21(11-15)29-23-13-22(26-14-27-23)28-18-4-6-19(7-5-18)30-33(31,32)20-8-3-17(24)12-16(20)2/h3-14,30H,1-2H3,(H2,25,26,27,28,29). The third-order valence-corrected chi connectivity index (χ3v) is 6.22. The Kier molecular flexibility index (Phi) is 6.18. The first kappa shape index (κ1) is 22.2. The number of aromatic nitrogens is 3. The lowest BCUT2D eigenvalue weighted by Crippen LogP contribution is -2.14. The molecule has 168 valence electrons. The van der Waals surface area contributed by atoms with Crippen LogP contribution < -0.4 is 15.4 Å². The predicted molar refractivity (Wildman–Crippen MR) is 126 cm³/mol. The lowest BCUT2D eigenvalue weighted by molar-refractivity contribution is 0.598. The lowest BCUT2D eigenvalue weighted by atomic mass is 10.2. The summed E-state index contributed by atoms with van der Waals surface area (Å²) in [6.07, 6.45) is 3.14. The smallest absolute Gasteiger partial charge is 0.262 e. The Morgan fingerprint density at radius 2 is 1.42 bits per heavy atom. The third-order valence-electron chi connectivity index (χ3n) is 4.67. The molecule has 0 unspecified atom stereocenters. The summed E-state index contributed by atoms with van der Waals surface area (Å²) in [6, 6.07) is 15.8. The number of anilines is 5. The fraction of sp³-hybridized carbons (Fsp3) is 0.0870. The summed E-state index contributed by atoms with van der Waals surface area (Å²) in [5.41, 5.74) is 2.48. The molecule has 0 saturated heterocycles. The van der Waals surface area contributed by atoms with E-state index in [1.165, 1.54) is 18.5 Å². The van der Waals surface area contributed by atoms with Crippen molar-refractivity contribution in [2.24, 2.45) is 0 Å². The highest BCUT2D eigenvalue weighted by Gasteiger charge is 2.17. The normalized spacial score (nSPS) is 11.1. The second kappa shape index (κ2) is 9.21. The molecule has 0 spiro atoms. The number of halogens is 1. The minimum atomic E-state index is -3.84. The number of pyridine rings is 1. The first-order valence-corrected chi connectivity index (χ1v) is 11.4. The van der Waals surface area contributed by atoms with Gasteiger partial charge >= 0.3 is 0 Å². The molecule has 4 rings (SSSR count). The molecule has 0 aliphatic carbocycles. The van der Waals surface area contributed by atoms with Gasteiger partial charge in [0.2, 0.25) is 0 Å². The maximum atomic E-state index is 13.3. The fourth-order valence-corrected chi connectivity index (χ4v) is 4.41. The number of aryl methyl sites for hydroxylation is 2. The van der Waals surface area contributed by atoms with Crippen LogP contribution in [0.3, 0.4) is 0 Å². The van der Waals surface area contributed by atoms with E-state index in [9.17, 15) is 12.8 Å². The van der Waals surface area contributed by atoms with E-state index in [0.29, 0.717) is 34.4 Å². The zero-order valence-electron chi connectivity index (χ0n) is 17.9. The van der Waals surface area contributed by atoms with E-state index in [1.54, 1.807) is 43.5 Å². The van der Waals surface area contributed by atoms with E-state index in [0.717, 1.165) is 11.6 Å². The monoisotopic (exact) mass is 464 g/mol. The number of rotatable bonds is 7. The Hall–Kier alpha value is -4.05. The average molecular weight is 465 g/mol. The minimum Gasteiger partial charge on any atom is -0.340 e. The summed E-state index contributed by atoms with van der Waals surface area (Å²) in [7, 11) is -3.84. The van der Waals surface area contributed by atoms with Gasteiger partial charge in [0.1, 0.15) is 29.6 Å². The molecule has 0 fully saturated rings. The molecular formula is C23H21FN6O2S. The van der Waals surface area contributed by atoms with Crippen LogP contribution in [0.25, 0.3) is 0 Å². The number of nitrogens with zero attached hydrogens (tertiary/aromatic N) is 3. The topological polar surface area (TPSA) is 109 Å². The summed E-state index contributed by atoms with van der Waals surface area (Å²) >= 11 is 0. The predicted octanol–water partition coefficient (Wildman–Crippen LogP) is 4.92. The Morgan fingerprint density at radius 3 is 2.12 bits per heavy atom. The van der Waals surface area contributed by atoms with Crippen LogP contribution in [0.15, 0.2) is 78.1 Å². The van der Waals surface area contributed by atoms with Gasteiger partial charge in [-0.25, -0.2) is 27.8 Å². The molecule has 0 amide bonds. The quantitative estimate of drug-likeness (QED) is 0.356. The van der Waals surface area contributed by atoms with Crippen LogP contribution in [0.5, 0.6) is 0 Å². The zero-order chi connectivity index (χ0) is 23.4. The van der Waals surface area contributed by atoms with E-state index in [2.05, 4.69) is 30.3 Å². The Morgan fingerprint density at radius 1 is 0.758 bits per heavy atom. The number of hydrogen-bond donors (Lipinski definition) is 3. The van der Waals surface area contributed by atoms with Crippen molar-refractivity contribution in [3.8, 4) is 0 Å². The van der Waals surface area contributed by atoms with Gasteiger partial charge in [-0.1, -0.05) is 0 Å². The van der Waals surface area contributed by atoms with E-state index in [1.807, 2.05) is 19.1 Å². The first-order chi connectivity index (χ1) is 15.8. The molecule has 33 heavy (non-hydrogen) atoms. The molecule has 2 aromatic carbocycles. The van der Waals surface area contributed by atoms with Gasteiger partial charge < -0.3 is 10.6 Å². The summed E-state index contributed by atoms with van der Waals surface area (Å²) in [6.45, 7) is 3.52. The summed E-state index contributed by atoms with van der Waals surface area (Å²) in [5, 5.41) is 6.28. The van der Waals surface area contributed by atoms with Crippen molar-refractivity contribution in [2.45, 2.75) is 18.7 Å². The molecule has 8 nitrogen and oxygen atoms in total. The molecule has 0 bridgehead atoms. The van der Waals surface area contributed by atoms with Crippen molar-refractivity contribution in [3.63, 3.8) is 0 Å². The zero-order valence-corrected chi connectivity index (χ0v) is 18.7. The molecule has 0 radical (unpaired) electrons. The van der Waals surface area contributed by atoms with Crippen molar-refractivity contribution in [1.29, 1.82) is 0 Å². The van der Waals surface area contributed by atoms with Gasteiger partial charge in [0.15, 0.2) is 0 Å². The van der Waals surface area contributed by atoms with Crippen LogP contribution >= 0.6 is 0 Å². The van der Waals surface area contributed by atoms with Crippen LogP contribution in [0.2, 0.25) is 0 Å². The largest absolute Gasteiger partial charge is 0.340 e. The van der Waals surface area contributed by atoms with Crippen molar-refractivity contribution in [2.75, 3.05) is 15.4 Å². The maximum Gasteiger partial charge on any atom is 0.262 e. The Bertz CT molecular complexity index is 1390. The lowest BCUT2D eigenvalue weighted by Gasteiger charge is -2.12. The van der Waals surface area contributed by atoms with E-state index in [-0.39, 0.29) is 4.90 Å². The molecule has 0 aliphatic heterocycles. The second-order valence-electron chi connectivity index (χ2n) is 7.35. The number of hydrogen-bond acceptors (Lipinski definition) is 7. The van der Waals surface area contributed by atoms with Crippen LogP contribution in [-0.4, -0.2) is 23.4 Å². The SMILES string of the molecule is Cc1ccnc(Nc2cc(Nc3ccc(NS(=O)(=O)c4ccc(F)cc4C)cc3)ncn2)c1. The van der Waals surface area contributed by atoms with E-state index in [4.69, 9.17) is 0 Å². The molecule has 0 aliphatic rings. The Balaban J connectivity index is 1.44. The second-order valence-corrected chi connectivity index (χ2v) is 9.00. The Labute approximate surface area is 191 Å². The highest BCUT2D eigenvalue weighted by atomic mass is 32.2. The van der Waals surface area contributed by atoms with Gasteiger partial charge in [0.25, 0.3) is 10.0 Å². The third kappa shape index (κ3) is 5.60. The number of sulfonamides is 1. The highest BCUT2D eigenvalue weighted by Crippen LogP contribution is 2.23. The van der Waals surface area contributed by atoms with Gasteiger partial charge in [-0.3, -0.25) is 4.72 Å². The van der Waals surface area contributed by atoms with Gasteiger partial charge in [-0.05, 0) is 79.6 Å². The molecule has 10 heteroatoms. The molecule has 2 aromatic heterocycles. The van der Waals surface area contributed by atoms with Crippen LogP contribution in [0.1, 0.15) is 11.1 Å². The fourth-order valence-electron chi connectivity index (χ4n) is 3.12. The van der Waals surface area contributed by atoms with E-state index < -0.39 is 15.8 Å². The summed E-state index contributed by atoms with van der Waals surface area (Å²) < 4.78 is 41.1. The van der Waals surface area contributed by atoms with Gasteiger partial charge in [0, 0.05) is 23.6 Å². The minimum absolute atomic E-state index is 0.0233.